The fourth-order valence-electron chi connectivity index (χ4n) is 4.23. The molecule has 0 aliphatic heterocycles. The van der Waals surface area contributed by atoms with Gasteiger partial charge in [-0.05, 0) is 47.6 Å². The van der Waals surface area contributed by atoms with Crippen molar-refractivity contribution >= 4 is 22.4 Å². The van der Waals surface area contributed by atoms with E-state index in [2.05, 4.69) is 36.4 Å². The highest BCUT2D eigenvalue weighted by Crippen LogP contribution is 2.64. The summed E-state index contributed by atoms with van der Waals surface area (Å²) in [7, 11) is 1.73. The van der Waals surface area contributed by atoms with Crippen molar-refractivity contribution in [3.05, 3.63) is 42.0 Å². The van der Waals surface area contributed by atoms with Crippen LogP contribution in [0, 0.1) is 17.8 Å². The molecule has 2 aliphatic rings. The summed E-state index contributed by atoms with van der Waals surface area (Å²) < 4.78 is 5.47. The molecule has 0 amide bonds. The van der Waals surface area contributed by atoms with Crippen molar-refractivity contribution in [3.8, 4) is 5.75 Å². The number of ether oxygens (including phenoxy) is 1. The first-order chi connectivity index (χ1) is 9.81. The van der Waals surface area contributed by atoms with Crippen LogP contribution in [0.15, 0.2) is 36.4 Å². The lowest BCUT2D eigenvalue weighted by molar-refractivity contribution is 0.419. The molecule has 104 valence electrons. The molecule has 3 unspecified atom stereocenters. The Bertz CT molecular complexity index is 641. The fourth-order valence-corrected chi connectivity index (χ4v) is 4.80. The van der Waals surface area contributed by atoms with Crippen LogP contribution in [0.5, 0.6) is 5.75 Å². The predicted molar refractivity (Wildman–Crippen MR) is 83.4 cm³/mol. The zero-order chi connectivity index (χ0) is 13.7. The van der Waals surface area contributed by atoms with Crippen LogP contribution in [0.25, 0.3) is 10.8 Å². The number of hydrogen-bond acceptors (Lipinski definition) is 1. The van der Waals surface area contributed by atoms with E-state index in [-0.39, 0.29) is 5.38 Å². The van der Waals surface area contributed by atoms with Gasteiger partial charge in [0, 0.05) is 5.39 Å². The van der Waals surface area contributed by atoms with Crippen molar-refractivity contribution in [2.24, 2.45) is 17.8 Å². The molecule has 2 aromatic rings. The quantitative estimate of drug-likeness (QED) is 0.707. The van der Waals surface area contributed by atoms with Gasteiger partial charge in [-0.3, -0.25) is 0 Å². The van der Waals surface area contributed by atoms with E-state index in [4.69, 9.17) is 16.3 Å². The number of alkyl halides is 1. The van der Waals surface area contributed by atoms with E-state index >= 15 is 0 Å². The molecule has 2 aromatic carbocycles. The van der Waals surface area contributed by atoms with Crippen LogP contribution < -0.4 is 4.74 Å². The van der Waals surface area contributed by atoms with Crippen molar-refractivity contribution in [3.63, 3.8) is 0 Å². The first-order valence-electron chi connectivity index (χ1n) is 7.51. The Kier molecular flexibility index (Phi) is 2.92. The van der Waals surface area contributed by atoms with E-state index in [9.17, 15) is 0 Å². The molecule has 2 saturated carbocycles. The second-order valence-corrected chi connectivity index (χ2v) is 6.61. The molecule has 0 bridgehead atoms. The standard InChI is InChI=1S/C18H19ClO/c1-20-16-10-9-15(11-5-2-3-6-12(11)16)18(19)17-13-7-4-8-14(13)17/h2-3,5-6,9-10,13-14,17-18H,4,7-8H2,1H3. The highest BCUT2D eigenvalue weighted by atomic mass is 35.5. The highest BCUT2D eigenvalue weighted by molar-refractivity contribution is 6.22. The molecular formula is C18H19ClO. The maximum absolute atomic E-state index is 6.84. The summed E-state index contributed by atoms with van der Waals surface area (Å²) in [4.78, 5) is 0. The van der Waals surface area contributed by atoms with Crippen molar-refractivity contribution in [1.29, 1.82) is 0 Å². The Labute approximate surface area is 124 Å². The van der Waals surface area contributed by atoms with Crippen molar-refractivity contribution in [1.82, 2.24) is 0 Å². The summed E-state index contributed by atoms with van der Waals surface area (Å²) in [5.74, 6) is 3.41. The SMILES string of the molecule is COc1ccc(C(Cl)C2C3CCCC32)c2ccccc12. The topological polar surface area (TPSA) is 9.23 Å². The lowest BCUT2D eigenvalue weighted by Crippen LogP contribution is -2.00. The van der Waals surface area contributed by atoms with Crippen LogP contribution in [0.2, 0.25) is 0 Å². The van der Waals surface area contributed by atoms with Gasteiger partial charge in [0.05, 0.1) is 12.5 Å². The van der Waals surface area contributed by atoms with Gasteiger partial charge in [-0.25, -0.2) is 0 Å². The van der Waals surface area contributed by atoms with Gasteiger partial charge in [0.2, 0.25) is 0 Å². The Hall–Kier alpha value is -1.21. The second-order valence-electron chi connectivity index (χ2n) is 6.14. The Morgan fingerprint density at radius 3 is 2.45 bits per heavy atom. The van der Waals surface area contributed by atoms with Gasteiger partial charge in [-0.1, -0.05) is 36.8 Å². The fraction of sp³-hybridized carbons (Fsp3) is 0.444. The molecule has 0 heterocycles. The number of benzene rings is 2. The monoisotopic (exact) mass is 286 g/mol. The molecule has 2 aliphatic carbocycles. The van der Waals surface area contributed by atoms with E-state index in [0.717, 1.165) is 17.6 Å². The Morgan fingerprint density at radius 1 is 1.05 bits per heavy atom. The summed E-state index contributed by atoms with van der Waals surface area (Å²) in [5.41, 5.74) is 1.28. The van der Waals surface area contributed by atoms with Gasteiger partial charge in [-0.15, -0.1) is 11.6 Å². The molecule has 1 nitrogen and oxygen atoms in total. The molecule has 20 heavy (non-hydrogen) atoms. The Balaban J connectivity index is 1.76. The molecule has 0 saturated heterocycles. The minimum atomic E-state index is 0.154. The van der Waals surface area contributed by atoms with Crippen LogP contribution in [0.4, 0.5) is 0 Å². The number of halogens is 1. The third kappa shape index (κ3) is 1.76. The van der Waals surface area contributed by atoms with Crippen LogP contribution in [-0.4, -0.2) is 7.11 Å². The Morgan fingerprint density at radius 2 is 1.75 bits per heavy atom. The summed E-state index contributed by atoms with van der Waals surface area (Å²) in [5, 5.41) is 2.57. The lowest BCUT2D eigenvalue weighted by Gasteiger charge is -2.16. The van der Waals surface area contributed by atoms with Crippen molar-refractivity contribution < 1.29 is 4.74 Å². The largest absolute Gasteiger partial charge is 0.496 e. The highest BCUT2D eigenvalue weighted by Gasteiger charge is 2.55. The van der Waals surface area contributed by atoms with Gasteiger partial charge >= 0.3 is 0 Å². The van der Waals surface area contributed by atoms with Crippen molar-refractivity contribution in [2.75, 3.05) is 7.11 Å². The average Bonchev–Trinajstić information content (AvgIpc) is 2.97. The average molecular weight is 287 g/mol. The third-order valence-corrected chi connectivity index (χ3v) is 5.77. The van der Waals surface area contributed by atoms with Gasteiger partial charge in [0.15, 0.2) is 0 Å². The van der Waals surface area contributed by atoms with E-state index < -0.39 is 0 Å². The molecule has 3 atom stereocenters. The summed E-state index contributed by atoms with van der Waals surface area (Å²) in [6, 6.07) is 12.7. The van der Waals surface area contributed by atoms with E-state index in [1.165, 1.54) is 35.6 Å². The zero-order valence-electron chi connectivity index (χ0n) is 11.7. The molecule has 0 spiro atoms. The second kappa shape index (κ2) is 4.66. The smallest absolute Gasteiger partial charge is 0.126 e. The molecule has 0 N–H and O–H groups in total. The normalized spacial score (nSPS) is 29.2. The van der Waals surface area contributed by atoms with Gasteiger partial charge in [0.25, 0.3) is 0 Å². The molecule has 0 aromatic heterocycles. The van der Waals surface area contributed by atoms with Crippen LogP contribution >= 0.6 is 11.6 Å². The van der Waals surface area contributed by atoms with Crippen LogP contribution in [-0.2, 0) is 0 Å². The number of hydrogen-bond donors (Lipinski definition) is 0. The molecule has 2 fully saturated rings. The minimum absolute atomic E-state index is 0.154. The molecule has 2 heteroatoms. The molecule has 4 rings (SSSR count). The minimum Gasteiger partial charge on any atom is -0.496 e. The first-order valence-corrected chi connectivity index (χ1v) is 7.94. The number of fused-ring (bicyclic) bond motifs is 2. The maximum atomic E-state index is 6.84. The first kappa shape index (κ1) is 12.5. The third-order valence-electron chi connectivity index (χ3n) is 5.25. The van der Waals surface area contributed by atoms with Crippen LogP contribution in [0.1, 0.15) is 30.2 Å². The van der Waals surface area contributed by atoms with E-state index in [1.54, 1.807) is 7.11 Å². The van der Waals surface area contributed by atoms with Gasteiger partial charge in [-0.2, -0.15) is 0 Å². The summed E-state index contributed by atoms with van der Waals surface area (Å²) in [6.07, 6.45) is 4.16. The van der Waals surface area contributed by atoms with Gasteiger partial charge in [0.1, 0.15) is 5.75 Å². The molecular weight excluding hydrogens is 268 g/mol. The van der Waals surface area contributed by atoms with Gasteiger partial charge < -0.3 is 4.74 Å². The number of rotatable bonds is 3. The zero-order valence-corrected chi connectivity index (χ0v) is 12.4. The molecule has 0 radical (unpaired) electrons. The van der Waals surface area contributed by atoms with E-state index in [0.29, 0.717) is 5.92 Å². The lowest BCUT2D eigenvalue weighted by atomic mass is 9.96. The van der Waals surface area contributed by atoms with E-state index in [1.807, 2.05) is 0 Å². The summed E-state index contributed by atoms with van der Waals surface area (Å²) >= 11 is 6.84. The number of methoxy groups -OCH3 is 1. The summed E-state index contributed by atoms with van der Waals surface area (Å²) in [6.45, 7) is 0. The van der Waals surface area contributed by atoms with Crippen LogP contribution in [0.3, 0.4) is 0 Å². The predicted octanol–water partition coefficient (Wildman–Crippen LogP) is 5.17. The maximum Gasteiger partial charge on any atom is 0.126 e. The van der Waals surface area contributed by atoms with Crippen molar-refractivity contribution in [2.45, 2.75) is 24.6 Å².